The first-order valence-electron chi connectivity index (χ1n) is 10.7. The van der Waals surface area contributed by atoms with Gasteiger partial charge in [0.2, 0.25) is 0 Å². The molecule has 1 heterocycles. The summed E-state index contributed by atoms with van der Waals surface area (Å²) in [7, 11) is 0. The van der Waals surface area contributed by atoms with Crippen LogP contribution in [0.1, 0.15) is 50.7 Å². The number of ketones is 1. The molecule has 4 rings (SSSR count). The van der Waals surface area contributed by atoms with E-state index in [0.717, 1.165) is 11.3 Å². The van der Waals surface area contributed by atoms with Gasteiger partial charge < -0.3 is 9.84 Å². The number of nitrogens with zero attached hydrogens (tertiary/aromatic N) is 1. The van der Waals surface area contributed by atoms with Crippen LogP contribution in [0.2, 0.25) is 0 Å². The second kappa shape index (κ2) is 8.14. The summed E-state index contributed by atoms with van der Waals surface area (Å²) in [6.45, 7) is 6.12. The fourth-order valence-corrected chi connectivity index (χ4v) is 4.70. The zero-order valence-electron chi connectivity index (χ0n) is 18.1. The van der Waals surface area contributed by atoms with Crippen molar-refractivity contribution in [2.45, 2.75) is 39.5 Å². The Morgan fingerprint density at radius 1 is 1.13 bits per heavy atom. The van der Waals surface area contributed by atoms with Gasteiger partial charge in [-0.3, -0.25) is 14.6 Å². The Morgan fingerprint density at radius 2 is 1.87 bits per heavy atom. The first-order valence-corrected chi connectivity index (χ1v) is 10.7. The Hall–Kier alpha value is -3.21. The highest BCUT2D eigenvalue weighted by Crippen LogP contribution is 2.49. The maximum Gasteiger partial charge on any atom is 0.316 e. The average molecular weight is 418 g/mol. The third-order valence-electron chi connectivity index (χ3n) is 5.93. The van der Waals surface area contributed by atoms with E-state index in [2.05, 4.69) is 13.8 Å². The highest BCUT2D eigenvalue weighted by Gasteiger charge is 2.47. The van der Waals surface area contributed by atoms with Crippen molar-refractivity contribution in [1.82, 2.24) is 0 Å². The topological polar surface area (TPSA) is 76.0 Å². The lowest BCUT2D eigenvalue weighted by Crippen LogP contribution is -2.40. The smallest absolute Gasteiger partial charge is 0.316 e. The molecule has 0 bridgehead atoms. The predicted octanol–water partition coefficient (Wildman–Crippen LogP) is 4.80. The van der Waals surface area contributed by atoms with Crippen molar-refractivity contribution in [2.75, 3.05) is 6.61 Å². The molecular weight excluding hydrogens is 390 g/mol. The van der Waals surface area contributed by atoms with Gasteiger partial charge in [0.25, 0.3) is 0 Å². The summed E-state index contributed by atoms with van der Waals surface area (Å²) >= 11 is 0. The van der Waals surface area contributed by atoms with Crippen LogP contribution in [0, 0.1) is 11.3 Å². The van der Waals surface area contributed by atoms with E-state index >= 15 is 0 Å². The van der Waals surface area contributed by atoms with Crippen molar-refractivity contribution in [3.63, 3.8) is 0 Å². The predicted molar refractivity (Wildman–Crippen MR) is 119 cm³/mol. The number of phenols is 1. The summed E-state index contributed by atoms with van der Waals surface area (Å²) in [5.74, 6) is -1.65. The minimum Gasteiger partial charge on any atom is -0.508 e. The number of esters is 1. The maximum atomic E-state index is 13.3. The highest BCUT2D eigenvalue weighted by atomic mass is 16.5. The number of phenolic OH excluding ortho intramolecular Hbond substituents is 1. The van der Waals surface area contributed by atoms with E-state index in [1.165, 1.54) is 0 Å². The Kier molecular flexibility index (Phi) is 5.52. The second-order valence-electron chi connectivity index (χ2n) is 8.97. The van der Waals surface area contributed by atoms with E-state index in [-0.39, 0.29) is 23.6 Å². The first kappa shape index (κ1) is 21.0. The molecular formula is C26H27NO4. The molecule has 31 heavy (non-hydrogen) atoms. The van der Waals surface area contributed by atoms with Gasteiger partial charge >= 0.3 is 5.97 Å². The van der Waals surface area contributed by atoms with Gasteiger partial charge in [-0.15, -0.1) is 0 Å². The van der Waals surface area contributed by atoms with Crippen LogP contribution in [0.3, 0.4) is 0 Å². The Balaban J connectivity index is 1.98. The number of ether oxygens (including phenoxy) is 1. The van der Waals surface area contributed by atoms with E-state index in [9.17, 15) is 14.7 Å². The SMILES string of the molecule is CCOC(=O)C1C(c2ccccc2)=NC2=C(C(=O)CC(C)(C)C2)[C@@H]1c1cccc(O)c1. The summed E-state index contributed by atoms with van der Waals surface area (Å²) in [6, 6.07) is 16.4. The van der Waals surface area contributed by atoms with Crippen molar-refractivity contribution in [2.24, 2.45) is 16.3 Å². The zero-order chi connectivity index (χ0) is 22.2. The fourth-order valence-electron chi connectivity index (χ4n) is 4.70. The Labute approximate surface area is 182 Å². The molecule has 0 saturated carbocycles. The Bertz CT molecular complexity index is 1080. The van der Waals surface area contributed by atoms with Gasteiger partial charge in [0.05, 0.1) is 12.3 Å². The summed E-state index contributed by atoms with van der Waals surface area (Å²) in [5, 5.41) is 10.2. The molecule has 2 aromatic rings. The van der Waals surface area contributed by atoms with Crippen LogP contribution in [-0.4, -0.2) is 29.2 Å². The zero-order valence-corrected chi connectivity index (χ0v) is 18.1. The molecule has 1 aliphatic heterocycles. The average Bonchev–Trinajstić information content (AvgIpc) is 2.72. The first-order chi connectivity index (χ1) is 14.8. The number of Topliss-reactive ketones (excluding diaryl/α,β-unsaturated/α-hetero) is 1. The molecule has 0 saturated heterocycles. The van der Waals surface area contributed by atoms with Crippen LogP contribution in [-0.2, 0) is 14.3 Å². The van der Waals surface area contributed by atoms with Gasteiger partial charge in [0.1, 0.15) is 11.7 Å². The van der Waals surface area contributed by atoms with Crippen molar-refractivity contribution in [3.05, 3.63) is 77.0 Å². The molecule has 1 aliphatic carbocycles. The van der Waals surface area contributed by atoms with Crippen molar-refractivity contribution in [3.8, 4) is 5.75 Å². The number of aromatic hydroxyl groups is 1. The number of carbonyl (C=O) groups is 2. The lowest BCUT2D eigenvalue weighted by Gasteiger charge is -2.39. The van der Waals surface area contributed by atoms with E-state index in [1.807, 2.05) is 36.4 Å². The lowest BCUT2D eigenvalue weighted by atomic mass is 9.66. The molecule has 1 unspecified atom stereocenters. The normalized spacial score (nSPS) is 22.5. The van der Waals surface area contributed by atoms with Gasteiger partial charge in [0.15, 0.2) is 5.78 Å². The van der Waals surface area contributed by atoms with Crippen LogP contribution < -0.4 is 0 Å². The minimum atomic E-state index is -0.770. The molecule has 2 atom stereocenters. The van der Waals surface area contributed by atoms with Crippen LogP contribution in [0.4, 0.5) is 0 Å². The highest BCUT2D eigenvalue weighted by molar-refractivity contribution is 6.16. The number of carbonyl (C=O) groups excluding carboxylic acids is 2. The monoisotopic (exact) mass is 417 g/mol. The second-order valence-corrected chi connectivity index (χ2v) is 8.97. The molecule has 0 radical (unpaired) electrons. The van der Waals surface area contributed by atoms with Gasteiger partial charge in [0, 0.05) is 23.6 Å². The number of rotatable bonds is 4. The molecule has 2 aromatic carbocycles. The maximum absolute atomic E-state index is 13.3. The minimum absolute atomic E-state index is 0.00440. The van der Waals surface area contributed by atoms with Gasteiger partial charge in [-0.2, -0.15) is 0 Å². The molecule has 0 spiro atoms. The van der Waals surface area contributed by atoms with Crippen LogP contribution >= 0.6 is 0 Å². The number of allylic oxidation sites excluding steroid dienone is 2. The van der Waals surface area contributed by atoms with Crippen molar-refractivity contribution >= 4 is 17.5 Å². The number of benzene rings is 2. The number of aliphatic imine (C=N–C) groups is 1. The Morgan fingerprint density at radius 3 is 2.55 bits per heavy atom. The largest absolute Gasteiger partial charge is 0.508 e. The van der Waals surface area contributed by atoms with Gasteiger partial charge in [-0.1, -0.05) is 56.3 Å². The number of hydrogen-bond acceptors (Lipinski definition) is 5. The van der Waals surface area contributed by atoms with E-state index in [1.54, 1.807) is 25.1 Å². The molecule has 1 N–H and O–H groups in total. The molecule has 0 aromatic heterocycles. The molecule has 5 heteroatoms. The standard InChI is InChI=1S/C26H27NO4/c1-4-31-25(30)23-21(17-11-8-12-18(28)13-17)22-19(14-26(2,3)15-20(22)29)27-24(23)16-9-6-5-7-10-16/h5-13,21,23,28H,4,14-15H2,1-3H3/t21-,23?/m0/s1. The molecule has 2 aliphatic rings. The van der Waals surface area contributed by atoms with Gasteiger partial charge in [-0.25, -0.2) is 0 Å². The summed E-state index contributed by atoms with van der Waals surface area (Å²) < 4.78 is 5.45. The summed E-state index contributed by atoms with van der Waals surface area (Å²) in [4.78, 5) is 31.5. The van der Waals surface area contributed by atoms with Crippen LogP contribution in [0.5, 0.6) is 5.75 Å². The fraction of sp³-hybridized carbons (Fsp3) is 0.346. The van der Waals surface area contributed by atoms with Crippen LogP contribution in [0.15, 0.2) is 70.9 Å². The third-order valence-corrected chi connectivity index (χ3v) is 5.93. The summed E-state index contributed by atoms with van der Waals surface area (Å²) in [6.07, 6.45) is 1.04. The molecule has 5 nitrogen and oxygen atoms in total. The number of hydrogen-bond donors (Lipinski definition) is 1. The van der Waals surface area contributed by atoms with Crippen molar-refractivity contribution < 1.29 is 19.4 Å². The van der Waals surface area contributed by atoms with E-state index in [4.69, 9.17) is 9.73 Å². The third kappa shape index (κ3) is 4.05. The van der Waals surface area contributed by atoms with Crippen LogP contribution in [0.25, 0.3) is 0 Å². The van der Waals surface area contributed by atoms with Crippen molar-refractivity contribution in [1.29, 1.82) is 0 Å². The molecule has 160 valence electrons. The lowest BCUT2D eigenvalue weighted by molar-refractivity contribution is -0.146. The molecule has 0 fully saturated rings. The summed E-state index contributed by atoms with van der Waals surface area (Å²) in [5.41, 5.74) is 3.24. The van der Waals surface area contributed by atoms with E-state index < -0.39 is 17.8 Å². The van der Waals surface area contributed by atoms with E-state index in [0.29, 0.717) is 29.7 Å². The van der Waals surface area contributed by atoms with Gasteiger partial charge in [-0.05, 0) is 42.0 Å². The quantitative estimate of drug-likeness (QED) is 0.725. The molecule has 0 amide bonds.